The third kappa shape index (κ3) is 5.02. The minimum atomic E-state index is -0.505. The molecule has 0 saturated heterocycles. The van der Waals surface area contributed by atoms with Gasteiger partial charge in [0, 0.05) is 42.4 Å². The Bertz CT molecular complexity index is 2960. The van der Waals surface area contributed by atoms with E-state index in [9.17, 15) is 0 Å². The third-order valence-corrected chi connectivity index (χ3v) is 12.6. The van der Waals surface area contributed by atoms with E-state index < -0.39 is 5.41 Å². The molecule has 0 radical (unpaired) electrons. The Morgan fingerprint density at radius 1 is 0.375 bits per heavy atom. The van der Waals surface area contributed by atoms with Crippen molar-refractivity contribution in [2.75, 3.05) is 0 Å². The lowest BCUT2D eigenvalue weighted by molar-refractivity contribution is 0.769. The molecule has 11 rings (SSSR count). The van der Waals surface area contributed by atoms with Gasteiger partial charge in [-0.15, -0.1) is 11.3 Å². The van der Waals surface area contributed by atoms with Gasteiger partial charge in [-0.2, -0.15) is 0 Å². The first-order valence-electron chi connectivity index (χ1n) is 19.1. The van der Waals surface area contributed by atoms with E-state index in [1.54, 1.807) is 0 Å². The molecule has 3 heteroatoms. The maximum atomic E-state index is 5.37. The van der Waals surface area contributed by atoms with Crippen LogP contribution in [0.5, 0.6) is 0 Å². The third-order valence-electron chi connectivity index (χ3n) is 11.4. The Kier molecular flexibility index (Phi) is 7.61. The summed E-state index contributed by atoms with van der Waals surface area (Å²) in [6.45, 7) is 0. The van der Waals surface area contributed by atoms with Gasteiger partial charge in [-0.1, -0.05) is 188 Å². The van der Waals surface area contributed by atoms with E-state index in [1.807, 2.05) is 23.5 Å². The summed E-state index contributed by atoms with van der Waals surface area (Å²) < 4.78 is 2.53. The van der Waals surface area contributed by atoms with E-state index in [0.717, 1.165) is 28.1 Å². The van der Waals surface area contributed by atoms with Crippen LogP contribution in [0.1, 0.15) is 22.3 Å². The van der Waals surface area contributed by atoms with Crippen LogP contribution in [0.15, 0.2) is 206 Å². The van der Waals surface area contributed by atoms with Crippen LogP contribution in [0.25, 0.3) is 76.3 Å². The molecule has 2 nitrogen and oxygen atoms in total. The van der Waals surface area contributed by atoms with Gasteiger partial charge in [0.15, 0.2) is 5.82 Å². The highest BCUT2D eigenvalue weighted by Crippen LogP contribution is 2.57. The van der Waals surface area contributed by atoms with Crippen molar-refractivity contribution in [1.29, 1.82) is 0 Å². The molecular formula is C53H34N2S. The molecule has 0 fully saturated rings. The summed E-state index contributed by atoms with van der Waals surface area (Å²) >= 11 is 1.86. The Hall–Kier alpha value is -6.94. The first-order chi connectivity index (χ1) is 27.8. The maximum absolute atomic E-state index is 5.37. The molecule has 2 aromatic heterocycles. The van der Waals surface area contributed by atoms with E-state index in [-0.39, 0.29) is 0 Å². The number of hydrogen-bond acceptors (Lipinski definition) is 3. The van der Waals surface area contributed by atoms with Crippen LogP contribution >= 0.6 is 11.3 Å². The predicted octanol–water partition coefficient (Wildman–Crippen LogP) is 13.9. The first-order valence-corrected chi connectivity index (χ1v) is 19.9. The predicted molar refractivity (Wildman–Crippen MR) is 234 cm³/mol. The van der Waals surface area contributed by atoms with Gasteiger partial charge in [0.25, 0.3) is 0 Å². The van der Waals surface area contributed by atoms with Crippen molar-refractivity contribution in [3.8, 4) is 56.2 Å². The highest BCUT2D eigenvalue weighted by atomic mass is 32.1. The monoisotopic (exact) mass is 730 g/mol. The van der Waals surface area contributed by atoms with Gasteiger partial charge < -0.3 is 0 Å². The number of hydrogen-bond donors (Lipinski definition) is 0. The molecule has 10 aromatic rings. The number of rotatable bonds is 6. The van der Waals surface area contributed by atoms with Gasteiger partial charge in [-0.3, -0.25) is 0 Å². The van der Waals surface area contributed by atoms with Gasteiger partial charge in [-0.05, 0) is 57.1 Å². The number of benzene rings is 8. The highest BCUT2D eigenvalue weighted by molar-refractivity contribution is 7.26. The molecule has 0 aliphatic heterocycles. The molecule has 0 N–H and O–H groups in total. The molecule has 0 atom stereocenters. The van der Waals surface area contributed by atoms with E-state index in [0.29, 0.717) is 5.82 Å². The van der Waals surface area contributed by atoms with Crippen LogP contribution in [0.4, 0.5) is 0 Å². The molecule has 1 aliphatic rings. The normalized spacial score (nSPS) is 12.8. The summed E-state index contributed by atoms with van der Waals surface area (Å²) in [6, 6.07) is 74.5. The van der Waals surface area contributed by atoms with Gasteiger partial charge >= 0.3 is 0 Å². The van der Waals surface area contributed by atoms with Crippen LogP contribution in [-0.2, 0) is 5.41 Å². The molecule has 1 aliphatic carbocycles. The standard InChI is InChI=1S/C53H34N2S/c1-5-17-35(18-6-1)47-34-48(55-52(54-47)36-19-7-2-8-20-36)44-32-31-43-42-26-14-16-28-49(42)56-51(43)50(44)37-29-30-41-40-25-13-15-27-45(40)53(46(41)33-37,38-21-9-3-10-22-38)39-23-11-4-12-24-39/h1-34H. The summed E-state index contributed by atoms with van der Waals surface area (Å²) in [5.74, 6) is 0.709. The zero-order valence-corrected chi connectivity index (χ0v) is 31.2. The summed E-state index contributed by atoms with van der Waals surface area (Å²) in [5.41, 5.74) is 14.4. The molecule has 0 spiro atoms. The van der Waals surface area contributed by atoms with Crippen LogP contribution < -0.4 is 0 Å². The maximum Gasteiger partial charge on any atom is 0.160 e. The van der Waals surface area contributed by atoms with Crippen molar-refractivity contribution >= 4 is 31.5 Å². The quantitative estimate of drug-likeness (QED) is 0.170. The SMILES string of the molecule is c1ccc(-c2cc(-c3ccc4c(sc5ccccc54)c3-c3ccc4c(c3)C(c3ccccc3)(c3ccccc3)c3ccccc3-4)nc(-c3ccccc3)n2)cc1. The van der Waals surface area contributed by atoms with Gasteiger partial charge in [0.05, 0.1) is 16.8 Å². The highest BCUT2D eigenvalue weighted by Gasteiger charge is 2.46. The molecule has 0 unspecified atom stereocenters. The average molecular weight is 731 g/mol. The van der Waals surface area contributed by atoms with Crippen molar-refractivity contribution in [1.82, 2.24) is 9.97 Å². The van der Waals surface area contributed by atoms with E-state index in [4.69, 9.17) is 9.97 Å². The second-order valence-electron chi connectivity index (χ2n) is 14.4. The lowest BCUT2D eigenvalue weighted by atomic mass is 9.67. The van der Waals surface area contributed by atoms with Gasteiger partial charge in [-0.25, -0.2) is 9.97 Å². The van der Waals surface area contributed by atoms with Crippen LogP contribution in [-0.4, -0.2) is 9.97 Å². The average Bonchev–Trinajstić information content (AvgIpc) is 3.81. The lowest BCUT2D eigenvalue weighted by Crippen LogP contribution is -2.28. The van der Waals surface area contributed by atoms with Crippen LogP contribution in [0.3, 0.4) is 0 Å². The molecule has 8 aromatic carbocycles. The molecule has 0 bridgehead atoms. The topological polar surface area (TPSA) is 25.8 Å². The zero-order valence-electron chi connectivity index (χ0n) is 30.4. The van der Waals surface area contributed by atoms with E-state index >= 15 is 0 Å². The lowest BCUT2D eigenvalue weighted by Gasteiger charge is -2.34. The second-order valence-corrected chi connectivity index (χ2v) is 15.5. The summed E-state index contributed by atoms with van der Waals surface area (Å²) in [7, 11) is 0. The van der Waals surface area contributed by atoms with Gasteiger partial charge in [0.2, 0.25) is 0 Å². The Morgan fingerprint density at radius 3 is 1.68 bits per heavy atom. The molecular weight excluding hydrogens is 697 g/mol. The molecule has 56 heavy (non-hydrogen) atoms. The molecule has 0 saturated carbocycles. The van der Waals surface area contributed by atoms with Crippen molar-refractivity contribution in [3.05, 3.63) is 229 Å². The number of thiophene rings is 1. The van der Waals surface area contributed by atoms with Gasteiger partial charge in [0.1, 0.15) is 0 Å². The number of nitrogens with zero attached hydrogens (tertiary/aromatic N) is 2. The number of aromatic nitrogens is 2. The Morgan fingerprint density at radius 2 is 0.946 bits per heavy atom. The van der Waals surface area contributed by atoms with E-state index in [1.165, 1.54) is 64.7 Å². The van der Waals surface area contributed by atoms with Crippen molar-refractivity contribution in [2.24, 2.45) is 0 Å². The number of fused-ring (bicyclic) bond motifs is 6. The Labute approximate surface area is 330 Å². The molecule has 0 amide bonds. The van der Waals surface area contributed by atoms with Crippen molar-refractivity contribution < 1.29 is 0 Å². The summed E-state index contributed by atoms with van der Waals surface area (Å²) in [6.07, 6.45) is 0. The second kappa shape index (κ2) is 13.1. The van der Waals surface area contributed by atoms with Crippen molar-refractivity contribution in [2.45, 2.75) is 5.41 Å². The smallest absolute Gasteiger partial charge is 0.160 e. The zero-order chi connectivity index (χ0) is 37.1. The first kappa shape index (κ1) is 32.5. The molecule has 2 heterocycles. The minimum Gasteiger partial charge on any atom is -0.228 e. The fourth-order valence-electron chi connectivity index (χ4n) is 8.95. The Balaban J connectivity index is 1.23. The fourth-order valence-corrected chi connectivity index (χ4v) is 10.2. The molecule has 262 valence electrons. The fraction of sp³-hybridized carbons (Fsp3) is 0.0189. The van der Waals surface area contributed by atoms with Crippen LogP contribution in [0, 0.1) is 0 Å². The largest absolute Gasteiger partial charge is 0.228 e. The van der Waals surface area contributed by atoms with Crippen molar-refractivity contribution in [3.63, 3.8) is 0 Å². The summed E-state index contributed by atoms with van der Waals surface area (Å²) in [5, 5.41) is 2.53. The van der Waals surface area contributed by atoms with Crippen LogP contribution in [0.2, 0.25) is 0 Å². The minimum absolute atomic E-state index is 0.505. The summed E-state index contributed by atoms with van der Waals surface area (Å²) in [4.78, 5) is 10.5. The van der Waals surface area contributed by atoms with E-state index in [2.05, 4.69) is 194 Å².